The lowest BCUT2D eigenvalue weighted by Crippen LogP contribution is -2.49. The molecule has 16 heteroatoms. The average molecular weight is 554 g/mol. The van der Waals surface area contributed by atoms with E-state index in [1.54, 1.807) is 11.5 Å². The second-order valence-electron chi connectivity index (χ2n) is 9.05. The summed E-state index contributed by atoms with van der Waals surface area (Å²) in [5, 5.41) is 22.9. The van der Waals surface area contributed by atoms with Gasteiger partial charge in [0.15, 0.2) is 11.5 Å². The first-order chi connectivity index (χ1) is 17.6. The number of halogens is 3. The third-order valence-corrected chi connectivity index (χ3v) is 7.57. The number of nitrogens with one attached hydrogen (secondary N) is 2. The molecule has 3 atom stereocenters. The van der Waals surface area contributed by atoms with Crippen LogP contribution in [0.2, 0.25) is 0 Å². The summed E-state index contributed by atoms with van der Waals surface area (Å²) in [7, 11) is -4.39. The number of alkyl halides is 3. The third kappa shape index (κ3) is 6.84. The highest BCUT2D eigenvalue weighted by Gasteiger charge is 2.46. The zero-order chi connectivity index (χ0) is 28.3. The first-order valence-corrected chi connectivity index (χ1v) is 13.0. The SMILES string of the molecule is C[C@H](Cn1cnc2c(N)ncnc21)OC[P@@](=O)(N[C@H](c1ccc(C#N)cc1)C(F)(F)F)NC(C)(C)C(=O)O. The van der Waals surface area contributed by atoms with Gasteiger partial charge in [0.2, 0.25) is 7.44 Å². The van der Waals surface area contributed by atoms with Gasteiger partial charge in [-0.15, -0.1) is 0 Å². The van der Waals surface area contributed by atoms with E-state index in [1.165, 1.54) is 38.6 Å². The van der Waals surface area contributed by atoms with Gasteiger partial charge in [-0.25, -0.2) is 25.1 Å². The van der Waals surface area contributed by atoms with E-state index in [9.17, 15) is 27.6 Å². The lowest BCUT2D eigenvalue weighted by molar-refractivity contribution is -0.153. The standard InChI is InChI=1S/C22H26F3N8O4P/c1-13(9-33-11-30-16-18(27)28-10-29-19(16)33)37-12-38(36,32-21(2,3)20(34)35)31-17(22(23,24)25)15-6-4-14(8-26)5-7-15/h4-7,10-11,13,17H,9,12H2,1-3H3,(H,34,35)(H2,27,28,29)(H2,31,32,36)/t13-,17-,38-/m1/s1. The third-order valence-electron chi connectivity index (χ3n) is 5.46. The van der Waals surface area contributed by atoms with Crippen LogP contribution in [0, 0.1) is 11.3 Å². The summed E-state index contributed by atoms with van der Waals surface area (Å²) in [6, 6.07) is 3.91. The molecule has 5 N–H and O–H groups in total. The van der Waals surface area contributed by atoms with Crippen LogP contribution in [0.25, 0.3) is 11.2 Å². The zero-order valence-corrected chi connectivity index (χ0v) is 21.5. The fraction of sp³-hybridized carbons (Fsp3) is 0.409. The van der Waals surface area contributed by atoms with Crippen molar-refractivity contribution in [1.29, 1.82) is 5.26 Å². The number of nitriles is 1. The number of nitrogen functional groups attached to an aromatic ring is 1. The minimum Gasteiger partial charge on any atom is -0.480 e. The monoisotopic (exact) mass is 554 g/mol. The Labute approximate surface area is 215 Å². The van der Waals surface area contributed by atoms with Crippen LogP contribution in [0.15, 0.2) is 36.9 Å². The number of aromatic nitrogens is 4. The van der Waals surface area contributed by atoms with E-state index in [1.807, 2.05) is 6.07 Å². The second kappa shape index (κ2) is 11.0. The second-order valence-corrected chi connectivity index (χ2v) is 11.3. The Hall–Kier alpha value is -3.57. The van der Waals surface area contributed by atoms with Crippen LogP contribution in [0.1, 0.15) is 37.9 Å². The van der Waals surface area contributed by atoms with Crippen LogP contribution in [0.3, 0.4) is 0 Å². The number of aliphatic carboxylic acids is 1. The smallest absolute Gasteiger partial charge is 0.408 e. The number of carboxylic acid groups (broad SMARTS) is 1. The molecule has 0 saturated carbocycles. The first-order valence-electron chi connectivity index (χ1n) is 11.1. The van der Waals surface area contributed by atoms with Crippen LogP contribution < -0.4 is 15.9 Å². The molecule has 0 radical (unpaired) electrons. The van der Waals surface area contributed by atoms with Gasteiger partial charge in [-0.3, -0.25) is 9.36 Å². The number of fused-ring (bicyclic) bond motifs is 1. The summed E-state index contributed by atoms with van der Waals surface area (Å²) in [5.41, 5.74) is 4.48. The number of anilines is 1. The Kier molecular flexibility index (Phi) is 8.42. The zero-order valence-electron chi connectivity index (χ0n) is 20.6. The maximum atomic E-state index is 14.1. The van der Waals surface area contributed by atoms with Crippen molar-refractivity contribution < 1.29 is 32.4 Å². The van der Waals surface area contributed by atoms with E-state index in [0.29, 0.717) is 11.2 Å². The summed E-state index contributed by atoms with van der Waals surface area (Å²) >= 11 is 0. The van der Waals surface area contributed by atoms with Gasteiger partial charge in [0.1, 0.15) is 29.8 Å². The van der Waals surface area contributed by atoms with E-state index in [0.717, 1.165) is 12.1 Å². The number of hydrogen-bond donors (Lipinski definition) is 4. The van der Waals surface area contributed by atoms with Gasteiger partial charge >= 0.3 is 12.1 Å². The maximum Gasteiger partial charge on any atom is 0.408 e. The van der Waals surface area contributed by atoms with Crippen molar-refractivity contribution in [2.75, 3.05) is 12.1 Å². The van der Waals surface area contributed by atoms with E-state index in [4.69, 9.17) is 15.7 Å². The van der Waals surface area contributed by atoms with E-state index in [-0.39, 0.29) is 23.5 Å². The van der Waals surface area contributed by atoms with Gasteiger partial charge in [0.05, 0.1) is 30.6 Å². The van der Waals surface area contributed by atoms with E-state index in [2.05, 4.69) is 25.1 Å². The molecule has 0 amide bonds. The highest BCUT2D eigenvalue weighted by Crippen LogP contribution is 2.46. The van der Waals surface area contributed by atoms with Crippen molar-refractivity contribution in [3.63, 3.8) is 0 Å². The summed E-state index contributed by atoms with van der Waals surface area (Å²) in [6.07, 6.45) is -3.73. The number of nitrogens with two attached hydrogens (primary N) is 1. The molecule has 0 aliphatic heterocycles. The number of rotatable bonds is 11. The molecule has 2 heterocycles. The van der Waals surface area contributed by atoms with Crippen LogP contribution >= 0.6 is 7.44 Å². The summed E-state index contributed by atoms with van der Waals surface area (Å²) < 4.78 is 63.3. The molecule has 38 heavy (non-hydrogen) atoms. The Bertz CT molecular complexity index is 1390. The number of benzene rings is 1. The number of carbonyl (C=O) groups is 1. The van der Waals surface area contributed by atoms with Crippen molar-refractivity contribution in [2.45, 2.75) is 51.2 Å². The van der Waals surface area contributed by atoms with Crippen molar-refractivity contribution >= 4 is 30.4 Å². The van der Waals surface area contributed by atoms with Crippen molar-refractivity contribution in [3.05, 3.63) is 48.0 Å². The lowest BCUT2D eigenvalue weighted by Gasteiger charge is -2.33. The topological polar surface area (TPSA) is 181 Å². The fourth-order valence-electron chi connectivity index (χ4n) is 3.49. The van der Waals surface area contributed by atoms with Gasteiger partial charge in [0, 0.05) is 0 Å². The Morgan fingerprint density at radius 2 is 1.92 bits per heavy atom. The van der Waals surface area contributed by atoms with Gasteiger partial charge in [0.25, 0.3) is 0 Å². The van der Waals surface area contributed by atoms with Gasteiger partial charge in [-0.1, -0.05) is 12.1 Å². The number of ether oxygens (including phenoxy) is 1. The van der Waals surface area contributed by atoms with E-state index < -0.39 is 43.6 Å². The molecule has 0 spiro atoms. The van der Waals surface area contributed by atoms with Crippen LogP contribution in [0.4, 0.5) is 19.0 Å². The Balaban J connectivity index is 1.86. The average Bonchev–Trinajstić information content (AvgIpc) is 3.24. The molecule has 0 aliphatic carbocycles. The summed E-state index contributed by atoms with van der Waals surface area (Å²) in [6.45, 7) is 4.04. The first kappa shape index (κ1) is 29.0. The Morgan fingerprint density at radius 3 is 2.50 bits per heavy atom. The van der Waals surface area contributed by atoms with Crippen LogP contribution in [-0.4, -0.2) is 54.8 Å². The van der Waals surface area contributed by atoms with Crippen molar-refractivity contribution in [2.24, 2.45) is 0 Å². The highest BCUT2D eigenvalue weighted by atomic mass is 31.2. The molecular formula is C22H26F3N8O4P. The molecule has 12 nitrogen and oxygen atoms in total. The van der Waals surface area contributed by atoms with Gasteiger partial charge < -0.3 is 20.1 Å². The molecule has 0 bridgehead atoms. The summed E-state index contributed by atoms with van der Waals surface area (Å²) in [4.78, 5) is 23.8. The minimum atomic E-state index is -4.92. The van der Waals surface area contributed by atoms with Crippen molar-refractivity contribution in [3.8, 4) is 6.07 Å². The maximum absolute atomic E-state index is 14.1. The molecule has 3 aromatic rings. The molecule has 0 fully saturated rings. The molecule has 0 unspecified atom stereocenters. The Morgan fingerprint density at radius 1 is 1.26 bits per heavy atom. The predicted molar refractivity (Wildman–Crippen MR) is 131 cm³/mol. The summed E-state index contributed by atoms with van der Waals surface area (Å²) in [5.74, 6) is -1.27. The van der Waals surface area contributed by atoms with E-state index >= 15 is 0 Å². The van der Waals surface area contributed by atoms with Gasteiger partial charge in [-0.2, -0.15) is 18.4 Å². The number of imidazole rings is 1. The molecule has 3 rings (SSSR count). The fourth-order valence-corrected chi connectivity index (χ4v) is 5.87. The minimum absolute atomic E-state index is 0.119. The normalized spacial score (nSPS) is 15.5. The number of carboxylic acids is 1. The molecule has 1 aromatic carbocycles. The van der Waals surface area contributed by atoms with Crippen LogP contribution in [0.5, 0.6) is 0 Å². The van der Waals surface area contributed by atoms with Crippen LogP contribution in [-0.2, 0) is 20.6 Å². The molecular weight excluding hydrogens is 528 g/mol. The largest absolute Gasteiger partial charge is 0.480 e. The molecule has 0 saturated heterocycles. The molecule has 204 valence electrons. The lowest BCUT2D eigenvalue weighted by atomic mass is 10.1. The predicted octanol–water partition coefficient (Wildman–Crippen LogP) is 3.18. The quantitative estimate of drug-likeness (QED) is 0.256. The number of nitrogens with zero attached hydrogens (tertiary/aromatic N) is 5. The van der Waals surface area contributed by atoms with Gasteiger partial charge in [-0.05, 0) is 38.5 Å². The highest BCUT2D eigenvalue weighted by molar-refractivity contribution is 7.59. The molecule has 0 aliphatic rings. The molecule has 2 aromatic heterocycles. The van der Waals surface area contributed by atoms with Crippen molar-refractivity contribution in [1.82, 2.24) is 29.7 Å². The number of hydrogen-bond acceptors (Lipinski definition) is 8.